The summed E-state index contributed by atoms with van der Waals surface area (Å²) in [6.45, 7) is 15.1. The molecule has 0 saturated carbocycles. The van der Waals surface area contributed by atoms with E-state index in [9.17, 15) is 4.79 Å². The molecule has 204 valence electrons. The molecule has 2 aliphatic heterocycles. The number of nitrogens with one attached hydrogen (secondary N) is 3. The number of ether oxygens (including phenoxy) is 1. The normalized spacial score (nSPS) is 14.5. The molecule has 0 aliphatic carbocycles. The third-order valence-corrected chi connectivity index (χ3v) is 5.32. The van der Waals surface area contributed by atoms with Crippen molar-refractivity contribution in [3.63, 3.8) is 0 Å². The van der Waals surface area contributed by atoms with E-state index in [0.29, 0.717) is 6.54 Å². The van der Waals surface area contributed by atoms with E-state index < -0.39 is 5.60 Å². The molecule has 2 aromatic rings. The van der Waals surface area contributed by atoms with Gasteiger partial charge in [0.1, 0.15) is 5.60 Å². The number of amides is 1. The van der Waals surface area contributed by atoms with Crippen LogP contribution in [0.5, 0.6) is 0 Å². The lowest BCUT2D eigenvalue weighted by Gasteiger charge is -2.20. The van der Waals surface area contributed by atoms with E-state index in [-0.39, 0.29) is 6.09 Å². The molecule has 0 spiro atoms. The standard InChI is InChI=1S/C11H20N2O2.2C7H8.C6H12N2/c1-11(2,3)15-10(14)13-8-9-4-6-12-7-5-9;2*1-7-5-3-2-4-6-7;7-5-6-1-3-8-4-2-6/h4,12H,5-8H2,1-3H3,(H,13,14);2*2-6H,1H3;1,8H,2-5,7H2. The first-order valence-electron chi connectivity index (χ1n) is 13.2. The lowest BCUT2D eigenvalue weighted by molar-refractivity contribution is 0.0532. The summed E-state index contributed by atoms with van der Waals surface area (Å²) >= 11 is 0. The first-order chi connectivity index (χ1) is 17.7. The number of rotatable bonds is 3. The maximum atomic E-state index is 11.3. The van der Waals surface area contributed by atoms with Crippen LogP contribution in [0, 0.1) is 13.8 Å². The highest BCUT2D eigenvalue weighted by Crippen LogP contribution is 2.07. The first-order valence-corrected chi connectivity index (χ1v) is 13.2. The summed E-state index contributed by atoms with van der Waals surface area (Å²) < 4.78 is 5.14. The van der Waals surface area contributed by atoms with E-state index in [1.165, 1.54) is 22.3 Å². The molecule has 0 aromatic heterocycles. The van der Waals surface area contributed by atoms with Crippen molar-refractivity contribution in [1.82, 2.24) is 16.0 Å². The Balaban J connectivity index is 0.000000264. The van der Waals surface area contributed by atoms with Crippen molar-refractivity contribution in [2.24, 2.45) is 5.73 Å². The second-order valence-corrected chi connectivity index (χ2v) is 10.0. The number of hydrogen-bond acceptors (Lipinski definition) is 5. The third kappa shape index (κ3) is 18.9. The molecule has 5 N–H and O–H groups in total. The molecule has 0 unspecified atom stereocenters. The van der Waals surface area contributed by atoms with Gasteiger partial charge in [-0.3, -0.25) is 0 Å². The van der Waals surface area contributed by atoms with Gasteiger partial charge in [0.25, 0.3) is 0 Å². The summed E-state index contributed by atoms with van der Waals surface area (Å²) in [6, 6.07) is 20.5. The van der Waals surface area contributed by atoms with Crippen LogP contribution in [0.4, 0.5) is 4.79 Å². The fourth-order valence-electron chi connectivity index (χ4n) is 3.25. The van der Waals surface area contributed by atoms with Crippen LogP contribution in [0.1, 0.15) is 44.7 Å². The van der Waals surface area contributed by atoms with Crippen LogP contribution in [0.3, 0.4) is 0 Å². The summed E-state index contributed by atoms with van der Waals surface area (Å²) in [5.41, 5.74) is 10.3. The molecule has 4 rings (SSSR count). The molecule has 6 heteroatoms. The SMILES string of the molecule is CC(C)(C)OC(=O)NCC1=CCNCC1.Cc1ccccc1.Cc1ccccc1.NCC1=CCNCC1. The zero-order chi connectivity index (χ0) is 27.4. The minimum atomic E-state index is -0.424. The number of alkyl carbamates (subject to hydrolysis) is 1. The van der Waals surface area contributed by atoms with Crippen LogP contribution in [-0.2, 0) is 4.74 Å². The number of carbonyl (C=O) groups excluding carboxylic acids is 1. The predicted octanol–water partition coefficient (Wildman–Crippen LogP) is 5.29. The van der Waals surface area contributed by atoms with Crippen molar-refractivity contribution >= 4 is 6.09 Å². The number of benzene rings is 2. The maximum Gasteiger partial charge on any atom is 0.407 e. The highest BCUT2D eigenvalue weighted by Gasteiger charge is 2.16. The quantitative estimate of drug-likeness (QED) is 0.424. The zero-order valence-corrected chi connectivity index (χ0v) is 23.5. The minimum absolute atomic E-state index is 0.345. The van der Waals surface area contributed by atoms with E-state index in [2.05, 4.69) is 66.2 Å². The van der Waals surface area contributed by atoms with Gasteiger partial charge in [-0.25, -0.2) is 4.79 Å². The molecule has 1 amide bonds. The van der Waals surface area contributed by atoms with E-state index in [1.54, 1.807) is 0 Å². The van der Waals surface area contributed by atoms with Crippen LogP contribution >= 0.6 is 0 Å². The summed E-state index contributed by atoms with van der Waals surface area (Å²) in [5.74, 6) is 0. The highest BCUT2D eigenvalue weighted by molar-refractivity contribution is 5.68. The largest absolute Gasteiger partial charge is 0.444 e. The van der Waals surface area contributed by atoms with Crippen LogP contribution in [-0.4, -0.2) is 51.0 Å². The number of hydrogen-bond donors (Lipinski definition) is 4. The van der Waals surface area contributed by atoms with Gasteiger partial charge in [-0.1, -0.05) is 95.1 Å². The third-order valence-electron chi connectivity index (χ3n) is 5.32. The monoisotopic (exact) mass is 508 g/mol. The summed E-state index contributed by atoms with van der Waals surface area (Å²) in [7, 11) is 0. The number of nitrogens with two attached hydrogens (primary N) is 1. The topological polar surface area (TPSA) is 88.4 Å². The average molecular weight is 509 g/mol. The first kappa shape index (κ1) is 32.1. The van der Waals surface area contributed by atoms with Crippen LogP contribution in [0.15, 0.2) is 84.0 Å². The van der Waals surface area contributed by atoms with Crippen molar-refractivity contribution in [3.05, 3.63) is 95.1 Å². The van der Waals surface area contributed by atoms with Gasteiger partial charge >= 0.3 is 6.09 Å². The molecule has 2 aromatic carbocycles. The molecule has 2 heterocycles. The summed E-state index contributed by atoms with van der Waals surface area (Å²) in [6.07, 6.45) is 6.07. The van der Waals surface area contributed by atoms with E-state index >= 15 is 0 Å². The molecular weight excluding hydrogens is 460 g/mol. The second-order valence-electron chi connectivity index (χ2n) is 10.0. The average Bonchev–Trinajstić information content (AvgIpc) is 2.90. The molecular formula is C31H48N4O2. The van der Waals surface area contributed by atoms with Gasteiger partial charge < -0.3 is 26.4 Å². The number of aryl methyl sites for hydroxylation is 2. The molecule has 37 heavy (non-hydrogen) atoms. The Hall–Kier alpha value is -2.93. The molecule has 0 bridgehead atoms. The Labute approximate surface area is 224 Å². The lowest BCUT2D eigenvalue weighted by Crippen LogP contribution is -2.34. The molecule has 6 nitrogen and oxygen atoms in total. The Morgan fingerprint density at radius 1 is 0.838 bits per heavy atom. The second kappa shape index (κ2) is 19.2. The van der Waals surface area contributed by atoms with Gasteiger partial charge in [-0.2, -0.15) is 0 Å². The lowest BCUT2D eigenvalue weighted by atomic mass is 10.1. The maximum absolute atomic E-state index is 11.3. The molecule has 0 fully saturated rings. The van der Waals surface area contributed by atoms with Crippen LogP contribution < -0.4 is 21.7 Å². The zero-order valence-electron chi connectivity index (χ0n) is 23.5. The molecule has 0 radical (unpaired) electrons. The summed E-state index contributed by atoms with van der Waals surface area (Å²) in [4.78, 5) is 11.3. The van der Waals surface area contributed by atoms with Gasteiger partial charge in [0.15, 0.2) is 0 Å². The van der Waals surface area contributed by atoms with Gasteiger partial charge in [-0.15, -0.1) is 0 Å². The Morgan fingerprint density at radius 3 is 1.59 bits per heavy atom. The number of carbonyl (C=O) groups is 1. The van der Waals surface area contributed by atoms with E-state index in [4.69, 9.17) is 10.5 Å². The Kier molecular flexibility index (Phi) is 16.7. The molecule has 0 atom stereocenters. The summed E-state index contributed by atoms with van der Waals surface area (Å²) in [5, 5.41) is 9.19. The van der Waals surface area contributed by atoms with Crippen molar-refractivity contribution in [2.75, 3.05) is 39.3 Å². The Bertz CT molecular complexity index is 882. The van der Waals surface area contributed by atoms with Crippen LogP contribution in [0.2, 0.25) is 0 Å². The van der Waals surface area contributed by atoms with Crippen molar-refractivity contribution in [1.29, 1.82) is 0 Å². The highest BCUT2D eigenvalue weighted by atomic mass is 16.6. The predicted molar refractivity (Wildman–Crippen MR) is 157 cm³/mol. The van der Waals surface area contributed by atoms with Crippen molar-refractivity contribution in [3.8, 4) is 0 Å². The van der Waals surface area contributed by atoms with Gasteiger partial charge in [0.05, 0.1) is 0 Å². The smallest absolute Gasteiger partial charge is 0.407 e. The van der Waals surface area contributed by atoms with Crippen molar-refractivity contribution in [2.45, 2.75) is 53.1 Å². The Morgan fingerprint density at radius 2 is 1.30 bits per heavy atom. The van der Waals surface area contributed by atoms with E-state index in [0.717, 1.165) is 45.6 Å². The van der Waals surface area contributed by atoms with Gasteiger partial charge in [0.2, 0.25) is 0 Å². The fourth-order valence-corrected chi connectivity index (χ4v) is 3.25. The molecule has 0 saturated heterocycles. The fraction of sp³-hybridized carbons (Fsp3) is 0.452. The van der Waals surface area contributed by atoms with E-state index in [1.807, 2.05) is 57.2 Å². The van der Waals surface area contributed by atoms with Crippen LogP contribution in [0.25, 0.3) is 0 Å². The minimum Gasteiger partial charge on any atom is -0.444 e. The molecule has 2 aliphatic rings. The van der Waals surface area contributed by atoms with Gasteiger partial charge in [-0.05, 0) is 60.5 Å². The van der Waals surface area contributed by atoms with Gasteiger partial charge in [0, 0.05) is 26.2 Å². The van der Waals surface area contributed by atoms with Crippen molar-refractivity contribution < 1.29 is 9.53 Å².